The molecule has 1 N–H and O–H groups in total. The predicted octanol–water partition coefficient (Wildman–Crippen LogP) is 4.50. The number of aromatic nitrogens is 1. The van der Waals surface area contributed by atoms with E-state index in [1.165, 1.54) is 6.07 Å². The van der Waals surface area contributed by atoms with Crippen molar-refractivity contribution in [2.45, 2.75) is 39.5 Å². The van der Waals surface area contributed by atoms with E-state index in [1.54, 1.807) is 13.2 Å². The van der Waals surface area contributed by atoms with Gasteiger partial charge in [-0.25, -0.2) is 9.37 Å². The topological polar surface area (TPSA) is 34.2 Å². The van der Waals surface area contributed by atoms with Gasteiger partial charge < -0.3 is 10.1 Å². The number of pyridine rings is 1. The summed E-state index contributed by atoms with van der Waals surface area (Å²) in [5.41, 5.74) is 1.95. The first kappa shape index (κ1) is 15.5. The van der Waals surface area contributed by atoms with Crippen molar-refractivity contribution in [2.75, 3.05) is 19.0 Å². The lowest BCUT2D eigenvalue weighted by Crippen LogP contribution is -2.15. The molecule has 0 amide bonds. The summed E-state index contributed by atoms with van der Waals surface area (Å²) in [5.74, 6) is 0.314. The molecule has 0 saturated carbocycles. The Morgan fingerprint density at radius 2 is 2.00 bits per heavy atom. The summed E-state index contributed by atoms with van der Waals surface area (Å²) < 4.78 is 19.6. The monoisotopic (exact) mass is 290 g/mol. The second-order valence-electron chi connectivity index (χ2n) is 6.21. The number of anilines is 1. The number of benzene rings is 1. The zero-order valence-corrected chi connectivity index (χ0v) is 13.4. The first-order chi connectivity index (χ1) is 9.88. The molecule has 0 aliphatic rings. The van der Waals surface area contributed by atoms with Crippen LogP contribution in [-0.2, 0) is 5.41 Å². The molecule has 0 atom stereocenters. The molecule has 0 fully saturated rings. The summed E-state index contributed by atoms with van der Waals surface area (Å²) in [5, 5.41) is 4.07. The lowest BCUT2D eigenvalue weighted by Gasteiger charge is -2.21. The highest BCUT2D eigenvalue weighted by molar-refractivity contribution is 5.97. The van der Waals surface area contributed by atoms with Gasteiger partial charge in [-0.2, -0.15) is 0 Å². The highest BCUT2D eigenvalue weighted by Crippen LogP contribution is 2.36. The Morgan fingerprint density at radius 3 is 2.57 bits per heavy atom. The summed E-state index contributed by atoms with van der Waals surface area (Å²) in [4.78, 5) is 4.53. The van der Waals surface area contributed by atoms with Crippen LogP contribution in [0, 0.1) is 5.82 Å². The van der Waals surface area contributed by atoms with Crippen LogP contribution in [0.1, 0.15) is 39.8 Å². The zero-order chi connectivity index (χ0) is 15.6. The maximum Gasteiger partial charge on any atom is 0.149 e. The molecule has 0 radical (unpaired) electrons. The van der Waals surface area contributed by atoms with Crippen molar-refractivity contribution in [1.82, 2.24) is 4.98 Å². The molecule has 114 valence electrons. The van der Waals surface area contributed by atoms with Crippen LogP contribution in [0.25, 0.3) is 10.9 Å². The number of hydrogen-bond donors (Lipinski definition) is 1. The van der Waals surface area contributed by atoms with Crippen LogP contribution >= 0.6 is 0 Å². The normalized spacial score (nSPS) is 11.7. The third-order valence-electron chi connectivity index (χ3n) is 3.43. The van der Waals surface area contributed by atoms with Gasteiger partial charge in [0.1, 0.15) is 17.1 Å². The predicted molar refractivity (Wildman–Crippen MR) is 85.7 cm³/mol. The molecule has 2 aromatic rings. The van der Waals surface area contributed by atoms with E-state index >= 15 is 0 Å². The minimum atomic E-state index is -0.323. The van der Waals surface area contributed by atoms with Crippen molar-refractivity contribution in [3.63, 3.8) is 0 Å². The molecule has 0 aliphatic heterocycles. The Morgan fingerprint density at radius 1 is 1.29 bits per heavy atom. The number of nitrogens with one attached hydrogen (secondary N) is 1. The smallest absolute Gasteiger partial charge is 0.149 e. The van der Waals surface area contributed by atoms with Gasteiger partial charge in [0.05, 0.1) is 12.5 Å². The third-order valence-corrected chi connectivity index (χ3v) is 3.43. The van der Waals surface area contributed by atoms with Gasteiger partial charge in [-0.15, -0.1) is 0 Å². The second-order valence-corrected chi connectivity index (χ2v) is 6.21. The van der Waals surface area contributed by atoms with Crippen LogP contribution in [0.15, 0.2) is 18.2 Å². The Balaban J connectivity index is 2.77. The maximum absolute atomic E-state index is 14.2. The quantitative estimate of drug-likeness (QED) is 0.900. The molecule has 0 bridgehead atoms. The van der Waals surface area contributed by atoms with Crippen molar-refractivity contribution in [1.29, 1.82) is 0 Å². The molecule has 3 nitrogen and oxygen atoms in total. The van der Waals surface area contributed by atoms with Crippen LogP contribution < -0.4 is 10.1 Å². The summed E-state index contributed by atoms with van der Waals surface area (Å²) >= 11 is 0. The van der Waals surface area contributed by atoms with Gasteiger partial charge >= 0.3 is 0 Å². The van der Waals surface area contributed by atoms with Crippen LogP contribution in [0.3, 0.4) is 0 Å². The van der Waals surface area contributed by atoms with E-state index in [4.69, 9.17) is 4.74 Å². The number of fused-ring (bicyclic) bond motifs is 1. The number of hydrogen-bond acceptors (Lipinski definition) is 3. The van der Waals surface area contributed by atoms with Crippen molar-refractivity contribution < 1.29 is 9.13 Å². The largest absolute Gasteiger partial charge is 0.496 e. The summed E-state index contributed by atoms with van der Waals surface area (Å²) in [7, 11) is 1.59. The fourth-order valence-corrected chi connectivity index (χ4v) is 2.23. The molecule has 1 aromatic carbocycles. The molecule has 1 aromatic heterocycles. The molecule has 4 heteroatoms. The molecule has 0 spiro atoms. The molecule has 0 aliphatic carbocycles. The minimum absolute atomic E-state index is 0.146. The number of ether oxygens (including phenoxy) is 1. The van der Waals surface area contributed by atoms with E-state index in [2.05, 4.69) is 38.0 Å². The Hall–Kier alpha value is -1.84. The van der Waals surface area contributed by atoms with Gasteiger partial charge in [0, 0.05) is 23.3 Å². The van der Waals surface area contributed by atoms with E-state index in [0.29, 0.717) is 16.7 Å². The zero-order valence-electron chi connectivity index (χ0n) is 13.4. The lowest BCUT2D eigenvalue weighted by atomic mass is 9.90. The highest BCUT2D eigenvalue weighted by atomic mass is 19.1. The van der Waals surface area contributed by atoms with Gasteiger partial charge in [0.25, 0.3) is 0 Å². The molecular formula is C17H23FN2O. The van der Waals surface area contributed by atoms with Gasteiger partial charge in [0.15, 0.2) is 0 Å². The van der Waals surface area contributed by atoms with Gasteiger partial charge in [-0.1, -0.05) is 27.7 Å². The van der Waals surface area contributed by atoms with Crippen molar-refractivity contribution in [2.24, 2.45) is 0 Å². The number of nitrogens with zero attached hydrogens (tertiary/aromatic N) is 1. The minimum Gasteiger partial charge on any atom is -0.496 e. The Bertz CT molecular complexity index is 647. The first-order valence-corrected chi connectivity index (χ1v) is 7.30. The fourth-order valence-electron chi connectivity index (χ4n) is 2.23. The van der Waals surface area contributed by atoms with Gasteiger partial charge in [-0.3, -0.25) is 0 Å². The lowest BCUT2D eigenvalue weighted by molar-refractivity contribution is 0.419. The summed E-state index contributed by atoms with van der Waals surface area (Å²) in [6, 6.07) is 5.05. The molecule has 2 rings (SSSR count). The van der Waals surface area contributed by atoms with E-state index in [-0.39, 0.29) is 11.2 Å². The Labute approximate surface area is 125 Å². The summed E-state index contributed by atoms with van der Waals surface area (Å²) in [6.45, 7) is 9.13. The van der Waals surface area contributed by atoms with Crippen molar-refractivity contribution >= 4 is 16.6 Å². The third kappa shape index (κ3) is 3.09. The van der Waals surface area contributed by atoms with Gasteiger partial charge in [0.2, 0.25) is 0 Å². The molecule has 0 saturated heterocycles. The average Bonchev–Trinajstić information content (AvgIpc) is 2.44. The van der Waals surface area contributed by atoms with E-state index in [9.17, 15) is 4.39 Å². The molecule has 21 heavy (non-hydrogen) atoms. The van der Waals surface area contributed by atoms with Crippen LogP contribution in [0.4, 0.5) is 10.1 Å². The SMILES string of the molecule is CCCNc1cc(C(C)(C)C)nc2c(F)ccc(OC)c12. The summed E-state index contributed by atoms with van der Waals surface area (Å²) in [6.07, 6.45) is 0.992. The van der Waals surface area contributed by atoms with Crippen LogP contribution in [0.2, 0.25) is 0 Å². The number of halogens is 1. The first-order valence-electron chi connectivity index (χ1n) is 7.30. The van der Waals surface area contributed by atoms with Crippen molar-refractivity contribution in [3.05, 3.63) is 29.7 Å². The van der Waals surface area contributed by atoms with Crippen LogP contribution in [-0.4, -0.2) is 18.6 Å². The fraction of sp³-hybridized carbons (Fsp3) is 0.471. The van der Waals surface area contributed by atoms with Crippen LogP contribution in [0.5, 0.6) is 5.75 Å². The molecule has 1 heterocycles. The molecular weight excluding hydrogens is 267 g/mol. The standard InChI is InChI=1S/C17H23FN2O/c1-6-9-19-12-10-14(17(2,3)4)20-16-11(18)7-8-13(21-5)15(12)16/h7-8,10H,6,9H2,1-5H3,(H,19,20). The van der Waals surface area contributed by atoms with Gasteiger partial charge in [-0.05, 0) is 24.6 Å². The highest BCUT2D eigenvalue weighted by Gasteiger charge is 2.21. The van der Waals surface area contributed by atoms with Crippen molar-refractivity contribution in [3.8, 4) is 5.75 Å². The van der Waals surface area contributed by atoms with E-state index in [1.807, 2.05) is 6.07 Å². The maximum atomic E-state index is 14.2. The average molecular weight is 290 g/mol. The van der Waals surface area contributed by atoms with E-state index in [0.717, 1.165) is 24.3 Å². The molecule has 0 unspecified atom stereocenters. The van der Waals surface area contributed by atoms with E-state index < -0.39 is 0 Å². The Kier molecular flexibility index (Phi) is 4.35. The second kappa shape index (κ2) is 5.88. The number of methoxy groups -OCH3 is 1. The number of rotatable bonds is 4.